The van der Waals surface area contributed by atoms with Gasteiger partial charge in [0.2, 0.25) is 5.91 Å². The number of esters is 1. The molecule has 0 aliphatic carbocycles. The van der Waals surface area contributed by atoms with E-state index in [-0.39, 0.29) is 12.5 Å². The number of halogens is 1. The first kappa shape index (κ1) is 20.7. The Morgan fingerprint density at radius 2 is 2.06 bits per heavy atom. The second kappa shape index (κ2) is 8.68. The molecule has 1 atom stereocenters. The van der Waals surface area contributed by atoms with Crippen LogP contribution in [0, 0.1) is 0 Å². The van der Waals surface area contributed by atoms with E-state index in [1.807, 2.05) is 18.2 Å². The van der Waals surface area contributed by atoms with Crippen molar-refractivity contribution < 1.29 is 14.3 Å². The molecular formula is C21H19BrN6O3. The highest BCUT2D eigenvalue weighted by Crippen LogP contribution is 2.25. The van der Waals surface area contributed by atoms with Gasteiger partial charge in [0.25, 0.3) is 0 Å². The van der Waals surface area contributed by atoms with Crippen molar-refractivity contribution in [3.05, 3.63) is 65.2 Å². The molecule has 10 heteroatoms. The Hall–Kier alpha value is -3.53. The molecule has 0 bridgehead atoms. The Morgan fingerprint density at radius 1 is 1.23 bits per heavy atom. The number of anilines is 1. The average molecular weight is 483 g/mol. The zero-order valence-electron chi connectivity index (χ0n) is 16.8. The summed E-state index contributed by atoms with van der Waals surface area (Å²) in [5.41, 5.74) is 2.86. The molecule has 1 amide bonds. The van der Waals surface area contributed by atoms with E-state index in [1.165, 1.54) is 6.20 Å². The zero-order valence-corrected chi connectivity index (χ0v) is 18.4. The lowest BCUT2D eigenvalue weighted by Crippen LogP contribution is -2.24. The van der Waals surface area contributed by atoms with Crippen molar-refractivity contribution in [3.63, 3.8) is 0 Å². The SMILES string of the molecule is CCOC(=O)c1cnn2c(-c3cccc(NC(=O)C(C)n4cc(Br)cn4)c3)ccnc12. The summed E-state index contributed by atoms with van der Waals surface area (Å²) in [6, 6.07) is 8.68. The lowest BCUT2D eigenvalue weighted by atomic mass is 10.1. The molecule has 0 aliphatic heterocycles. The summed E-state index contributed by atoms with van der Waals surface area (Å²) in [6.45, 7) is 3.78. The number of fused-ring (bicyclic) bond motifs is 1. The number of nitrogens with one attached hydrogen (secondary N) is 1. The number of nitrogens with zero attached hydrogens (tertiary/aromatic N) is 5. The average Bonchev–Trinajstić information content (AvgIpc) is 3.39. The van der Waals surface area contributed by atoms with Crippen LogP contribution in [0.2, 0.25) is 0 Å². The number of ether oxygens (including phenoxy) is 1. The molecule has 158 valence electrons. The van der Waals surface area contributed by atoms with E-state index in [4.69, 9.17) is 4.74 Å². The third-order valence-corrected chi connectivity index (χ3v) is 5.08. The molecule has 3 aromatic heterocycles. The van der Waals surface area contributed by atoms with Crippen LogP contribution >= 0.6 is 15.9 Å². The molecule has 3 heterocycles. The highest BCUT2D eigenvalue weighted by atomic mass is 79.9. The molecule has 0 radical (unpaired) electrons. The van der Waals surface area contributed by atoms with E-state index < -0.39 is 12.0 Å². The van der Waals surface area contributed by atoms with Crippen LogP contribution in [-0.2, 0) is 9.53 Å². The summed E-state index contributed by atoms with van der Waals surface area (Å²) in [4.78, 5) is 29.1. The number of rotatable bonds is 6. The molecule has 1 aromatic carbocycles. The molecule has 1 unspecified atom stereocenters. The van der Waals surface area contributed by atoms with Gasteiger partial charge < -0.3 is 10.1 Å². The normalized spacial score (nSPS) is 12.0. The van der Waals surface area contributed by atoms with Gasteiger partial charge in [-0.3, -0.25) is 9.48 Å². The maximum absolute atomic E-state index is 12.7. The Bertz CT molecular complexity index is 1260. The van der Waals surface area contributed by atoms with Gasteiger partial charge in [0, 0.05) is 23.6 Å². The smallest absolute Gasteiger partial charge is 0.343 e. The standard InChI is InChI=1S/C21H19BrN6O3/c1-3-31-21(30)17-11-25-28-18(7-8-23-19(17)28)14-5-4-6-16(9-14)26-20(29)13(2)27-12-15(22)10-24-27/h4-13H,3H2,1-2H3,(H,26,29). The number of hydrogen-bond donors (Lipinski definition) is 1. The minimum atomic E-state index is -0.485. The van der Waals surface area contributed by atoms with Crippen molar-refractivity contribution in [1.29, 1.82) is 0 Å². The van der Waals surface area contributed by atoms with E-state index >= 15 is 0 Å². The molecule has 0 aliphatic rings. The number of amides is 1. The zero-order chi connectivity index (χ0) is 22.0. The number of benzene rings is 1. The van der Waals surface area contributed by atoms with E-state index in [1.54, 1.807) is 53.8 Å². The summed E-state index contributed by atoms with van der Waals surface area (Å²) in [5.74, 6) is -0.668. The van der Waals surface area contributed by atoms with Crippen molar-refractivity contribution in [2.24, 2.45) is 0 Å². The Balaban J connectivity index is 1.62. The van der Waals surface area contributed by atoms with Crippen LogP contribution < -0.4 is 5.32 Å². The van der Waals surface area contributed by atoms with Crippen LogP contribution in [0.25, 0.3) is 16.9 Å². The van der Waals surface area contributed by atoms with Crippen LogP contribution in [0.15, 0.2) is 59.6 Å². The van der Waals surface area contributed by atoms with E-state index in [9.17, 15) is 9.59 Å². The van der Waals surface area contributed by atoms with Gasteiger partial charge in [-0.25, -0.2) is 14.3 Å². The fraction of sp³-hybridized carbons (Fsp3) is 0.190. The predicted octanol–water partition coefficient (Wildman–Crippen LogP) is 3.73. The van der Waals surface area contributed by atoms with Gasteiger partial charge >= 0.3 is 5.97 Å². The van der Waals surface area contributed by atoms with Gasteiger partial charge in [0.1, 0.15) is 11.6 Å². The Labute approximate surface area is 186 Å². The first-order valence-corrected chi connectivity index (χ1v) is 10.4. The fourth-order valence-corrected chi connectivity index (χ4v) is 3.41. The predicted molar refractivity (Wildman–Crippen MR) is 118 cm³/mol. The third-order valence-electron chi connectivity index (χ3n) is 4.67. The van der Waals surface area contributed by atoms with Crippen molar-refractivity contribution in [2.75, 3.05) is 11.9 Å². The van der Waals surface area contributed by atoms with Crippen LogP contribution in [0.4, 0.5) is 5.69 Å². The molecule has 0 saturated heterocycles. The summed E-state index contributed by atoms with van der Waals surface area (Å²) >= 11 is 3.33. The van der Waals surface area contributed by atoms with Crippen LogP contribution in [0.1, 0.15) is 30.2 Å². The fourth-order valence-electron chi connectivity index (χ4n) is 3.11. The maximum Gasteiger partial charge on any atom is 0.343 e. The van der Waals surface area contributed by atoms with E-state index in [0.717, 1.165) is 15.7 Å². The number of carbonyl (C=O) groups is 2. The minimum absolute atomic E-state index is 0.198. The van der Waals surface area contributed by atoms with Gasteiger partial charge in [-0.05, 0) is 48.0 Å². The topological polar surface area (TPSA) is 103 Å². The van der Waals surface area contributed by atoms with Crippen molar-refractivity contribution in [2.45, 2.75) is 19.9 Å². The van der Waals surface area contributed by atoms with Crippen molar-refractivity contribution >= 4 is 39.1 Å². The highest BCUT2D eigenvalue weighted by Gasteiger charge is 2.18. The van der Waals surface area contributed by atoms with Gasteiger partial charge in [0.15, 0.2) is 5.65 Å². The lowest BCUT2D eigenvalue weighted by molar-refractivity contribution is -0.119. The highest BCUT2D eigenvalue weighted by molar-refractivity contribution is 9.10. The van der Waals surface area contributed by atoms with Crippen LogP contribution in [0.3, 0.4) is 0 Å². The van der Waals surface area contributed by atoms with Crippen LogP contribution in [-0.4, -0.2) is 42.9 Å². The second-order valence-corrected chi connectivity index (χ2v) is 7.64. The first-order chi connectivity index (χ1) is 15.0. The number of carbonyl (C=O) groups excluding carboxylic acids is 2. The van der Waals surface area contributed by atoms with Gasteiger partial charge in [-0.2, -0.15) is 10.2 Å². The lowest BCUT2D eigenvalue weighted by Gasteiger charge is -2.13. The molecule has 4 aromatic rings. The summed E-state index contributed by atoms with van der Waals surface area (Å²) in [6.07, 6.45) is 6.43. The summed E-state index contributed by atoms with van der Waals surface area (Å²) in [7, 11) is 0. The molecule has 1 N–H and O–H groups in total. The van der Waals surface area contributed by atoms with E-state index in [2.05, 4.69) is 36.4 Å². The first-order valence-electron chi connectivity index (χ1n) is 9.58. The molecule has 0 spiro atoms. The third kappa shape index (κ3) is 4.19. The molecule has 9 nitrogen and oxygen atoms in total. The van der Waals surface area contributed by atoms with Crippen LogP contribution in [0.5, 0.6) is 0 Å². The van der Waals surface area contributed by atoms with Crippen molar-refractivity contribution in [1.82, 2.24) is 24.4 Å². The largest absolute Gasteiger partial charge is 0.462 e. The van der Waals surface area contributed by atoms with Gasteiger partial charge in [-0.15, -0.1) is 0 Å². The van der Waals surface area contributed by atoms with Gasteiger partial charge in [-0.1, -0.05) is 12.1 Å². The molecule has 4 rings (SSSR count). The quantitative estimate of drug-likeness (QED) is 0.420. The minimum Gasteiger partial charge on any atom is -0.462 e. The summed E-state index contributed by atoms with van der Waals surface area (Å²) in [5, 5.41) is 11.4. The number of aromatic nitrogens is 5. The molecular weight excluding hydrogens is 464 g/mol. The van der Waals surface area contributed by atoms with E-state index in [0.29, 0.717) is 16.9 Å². The number of hydrogen-bond acceptors (Lipinski definition) is 6. The second-order valence-electron chi connectivity index (χ2n) is 6.73. The Kier molecular flexibility index (Phi) is 5.81. The Morgan fingerprint density at radius 3 is 2.81 bits per heavy atom. The maximum atomic E-state index is 12.7. The van der Waals surface area contributed by atoms with Gasteiger partial charge in [0.05, 0.1) is 29.2 Å². The molecule has 0 saturated carbocycles. The molecule has 31 heavy (non-hydrogen) atoms. The molecule has 0 fully saturated rings. The summed E-state index contributed by atoms with van der Waals surface area (Å²) < 4.78 is 9.04. The van der Waals surface area contributed by atoms with Crippen molar-refractivity contribution in [3.8, 4) is 11.3 Å². The monoisotopic (exact) mass is 482 g/mol.